The van der Waals surface area contributed by atoms with Gasteiger partial charge in [-0.2, -0.15) is 9.40 Å². The van der Waals surface area contributed by atoms with Gasteiger partial charge in [0.1, 0.15) is 6.54 Å². The molecule has 1 aromatic heterocycles. The predicted molar refractivity (Wildman–Crippen MR) is 87.2 cm³/mol. The molecule has 2 rings (SSSR count). The Bertz CT molecular complexity index is 690. The fourth-order valence-corrected chi connectivity index (χ4v) is 3.33. The Morgan fingerprint density at radius 3 is 2.80 bits per heavy atom. The van der Waals surface area contributed by atoms with Gasteiger partial charge in [-0.3, -0.25) is 14.3 Å². The van der Waals surface area contributed by atoms with Crippen molar-refractivity contribution in [3.05, 3.63) is 18.5 Å². The molecule has 10 nitrogen and oxygen atoms in total. The molecule has 1 amide bonds. The maximum Gasteiger partial charge on any atom is 0.318 e. The number of carbonyl (C=O) groups excluding carboxylic acids is 1. The SMILES string of the molecule is CS(=O)(=O)N(CC(=O)O)C[C@@H]1CN(C(=O)CCn2cccn2)CCO1. The van der Waals surface area contributed by atoms with Gasteiger partial charge in [0.05, 0.1) is 19.0 Å². The van der Waals surface area contributed by atoms with E-state index < -0.39 is 28.6 Å². The van der Waals surface area contributed by atoms with Crippen LogP contribution in [0.15, 0.2) is 18.5 Å². The van der Waals surface area contributed by atoms with Crippen molar-refractivity contribution in [2.24, 2.45) is 0 Å². The maximum atomic E-state index is 12.3. The van der Waals surface area contributed by atoms with E-state index in [0.29, 0.717) is 13.1 Å². The summed E-state index contributed by atoms with van der Waals surface area (Å²) in [5.41, 5.74) is 0. The zero-order valence-electron chi connectivity index (χ0n) is 13.9. The minimum absolute atomic E-state index is 0.0760. The number of carboxylic acid groups (broad SMARTS) is 1. The second-order valence-electron chi connectivity index (χ2n) is 5.80. The molecule has 11 heteroatoms. The first-order valence-corrected chi connectivity index (χ1v) is 9.64. The Morgan fingerprint density at radius 2 is 2.20 bits per heavy atom. The van der Waals surface area contributed by atoms with E-state index in [2.05, 4.69) is 5.10 Å². The summed E-state index contributed by atoms with van der Waals surface area (Å²) in [5, 5.41) is 12.9. The number of carboxylic acids is 1. The Labute approximate surface area is 146 Å². The van der Waals surface area contributed by atoms with Gasteiger partial charge in [0.25, 0.3) is 0 Å². The third kappa shape index (κ3) is 6.11. The molecule has 0 radical (unpaired) electrons. The first-order valence-electron chi connectivity index (χ1n) is 7.79. The minimum Gasteiger partial charge on any atom is -0.480 e. The van der Waals surface area contributed by atoms with Crippen molar-refractivity contribution in [2.75, 3.05) is 39.0 Å². The largest absolute Gasteiger partial charge is 0.480 e. The van der Waals surface area contributed by atoms with Gasteiger partial charge in [0.2, 0.25) is 15.9 Å². The highest BCUT2D eigenvalue weighted by Gasteiger charge is 2.29. The molecule has 0 aromatic carbocycles. The number of rotatable bonds is 8. The first kappa shape index (κ1) is 19.3. The number of hydrogen-bond acceptors (Lipinski definition) is 6. The summed E-state index contributed by atoms with van der Waals surface area (Å²) < 4.78 is 31.4. The second kappa shape index (κ2) is 8.41. The van der Waals surface area contributed by atoms with Crippen LogP contribution in [-0.4, -0.2) is 89.5 Å². The Morgan fingerprint density at radius 1 is 1.44 bits per heavy atom. The molecule has 0 unspecified atom stereocenters. The number of ether oxygens (including phenoxy) is 1. The number of morpholine rings is 1. The topological polar surface area (TPSA) is 122 Å². The number of sulfonamides is 1. The van der Waals surface area contributed by atoms with E-state index in [1.54, 1.807) is 28.0 Å². The van der Waals surface area contributed by atoms with Crippen molar-refractivity contribution in [1.29, 1.82) is 0 Å². The van der Waals surface area contributed by atoms with E-state index in [1.807, 2.05) is 0 Å². The van der Waals surface area contributed by atoms with Crippen molar-refractivity contribution >= 4 is 21.9 Å². The molecule has 1 atom stereocenters. The smallest absolute Gasteiger partial charge is 0.318 e. The van der Waals surface area contributed by atoms with Crippen molar-refractivity contribution < 1.29 is 27.9 Å². The van der Waals surface area contributed by atoms with Gasteiger partial charge in [-0.25, -0.2) is 8.42 Å². The molecule has 140 valence electrons. The molecule has 2 heterocycles. The average Bonchev–Trinajstić information content (AvgIpc) is 3.04. The summed E-state index contributed by atoms with van der Waals surface area (Å²) >= 11 is 0. The predicted octanol–water partition coefficient (Wildman–Crippen LogP) is -1.15. The number of hydrogen-bond donors (Lipinski definition) is 1. The fourth-order valence-electron chi connectivity index (χ4n) is 2.55. The normalized spacial score (nSPS) is 18.5. The molecule has 0 bridgehead atoms. The quantitative estimate of drug-likeness (QED) is 0.609. The lowest BCUT2D eigenvalue weighted by Crippen LogP contribution is -2.51. The van der Waals surface area contributed by atoms with Crippen molar-refractivity contribution in [3.63, 3.8) is 0 Å². The molecule has 0 spiro atoms. The van der Waals surface area contributed by atoms with E-state index >= 15 is 0 Å². The second-order valence-corrected chi connectivity index (χ2v) is 7.78. The lowest BCUT2D eigenvalue weighted by atomic mass is 10.2. The number of aliphatic carboxylic acids is 1. The van der Waals surface area contributed by atoms with Crippen molar-refractivity contribution in [3.8, 4) is 0 Å². The van der Waals surface area contributed by atoms with Gasteiger partial charge in [-0.15, -0.1) is 0 Å². The van der Waals surface area contributed by atoms with E-state index in [9.17, 15) is 18.0 Å². The highest BCUT2D eigenvalue weighted by atomic mass is 32.2. The zero-order valence-corrected chi connectivity index (χ0v) is 14.8. The monoisotopic (exact) mass is 374 g/mol. The molecule has 0 aliphatic carbocycles. The van der Waals surface area contributed by atoms with Gasteiger partial charge in [-0.05, 0) is 6.07 Å². The Hall–Kier alpha value is -1.98. The van der Waals surface area contributed by atoms with Gasteiger partial charge >= 0.3 is 5.97 Å². The molecular weight excluding hydrogens is 352 g/mol. The van der Waals surface area contributed by atoms with Crippen LogP contribution >= 0.6 is 0 Å². The molecular formula is C14H22N4O6S. The van der Waals surface area contributed by atoms with Crippen LogP contribution in [0.2, 0.25) is 0 Å². The van der Waals surface area contributed by atoms with Crippen LogP contribution in [0.4, 0.5) is 0 Å². The van der Waals surface area contributed by atoms with Crippen LogP contribution in [0.1, 0.15) is 6.42 Å². The van der Waals surface area contributed by atoms with Crippen molar-refractivity contribution in [2.45, 2.75) is 19.1 Å². The fraction of sp³-hybridized carbons (Fsp3) is 0.643. The Balaban J connectivity index is 1.90. The first-order chi connectivity index (χ1) is 11.8. The van der Waals surface area contributed by atoms with Gasteiger partial charge in [0.15, 0.2) is 0 Å². The summed E-state index contributed by atoms with van der Waals surface area (Å²) in [4.78, 5) is 24.8. The number of aryl methyl sites for hydroxylation is 1. The lowest BCUT2D eigenvalue weighted by molar-refractivity contribution is -0.141. The summed E-state index contributed by atoms with van der Waals surface area (Å²) in [6, 6.07) is 1.78. The van der Waals surface area contributed by atoms with Gasteiger partial charge < -0.3 is 14.7 Å². The number of carbonyl (C=O) groups is 2. The molecule has 1 N–H and O–H groups in total. The van der Waals surface area contributed by atoms with E-state index in [4.69, 9.17) is 9.84 Å². The minimum atomic E-state index is -3.68. The zero-order chi connectivity index (χ0) is 18.4. The summed E-state index contributed by atoms with van der Waals surface area (Å²) in [6.45, 7) is 0.654. The van der Waals surface area contributed by atoms with Gasteiger partial charge in [0, 0.05) is 45.0 Å². The highest BCUT2D eigenvalue weighted by molar-refractivity contribution is 7.88. The molecule has 0 saturated carbocycles. The van der Waals surface area contributed by atoms with Crippen LogP contribution < -0.4 is 0 Å². The Kier molecular flexibility index (Phi) is 6.51. The molecule has 1 aliphatic rings. The number of amides is 1. The highest BCUT2D eigenvalue weighted by Crippen LogP contribution is 2.11. The maximum absolute atomic E-state index is 12.3. The molecule has 1 aliphatic heterocycles. The van der Waals surface area contributed by atoms with Crippen LogP contribution in [-0.2, 0) is 30.9 Å². The van der Waals surface area contributed by atoms with Gasteiger partial charge in [-0.1, -0.05) is 0 Å². The van der Waals surface area contributed by atoms with E-state index in [0.717, 1.165) is 10.6 Å². The molecule has 1 saturated heterocycles. The summed E-state index contributed by atoms with van der Waals surface area (Å²) in [6.07, 6.45) is 4.07. The van der Waals surface area contributed by atoms with Crippen LogP contribution in [0.3, 0.4) is 0 Å². The third-order valence-electron chi connectivity index (χ3n) is 3.79. The third-order valence-corrected chi connectivity index (χ3v) is 5.01. The summed E-state index contributed by atoms with van der Waals surface area (Å²) in [5.74, 6) is -1.32. The number of aromatic nitrogens is 2. The standard InChI is InChI=1S/C14H22N4O6S/c1-25(22,23)18(11-14(20)21)10-12-9-16(7-8-24-12)13(19)3-6-17-5-2-4-15-17/h2,4-5,12H,3,6-11H2,1H3,(H,20,21)/t12-/m0/s1. The van der Waals surface area contributed by atoms with Crippen molar-refractivity contribution in [1.82, 2.24) is 19.0 Å². The molecule has 1 aromatic rings. The average molecular weight is 374 g/mol. The summed E-state index contributed by atoms with van der Waals surface area (Å²) in [7, 11) is -3.68. The van der Waals surface area contributed by atoms with E-state index in [1.165, 1.54) is 0 Å². The number of nitrogens with zero attached hydrogens (tertiary/aromatic N) is 4. The van der Waals surface area contributed by atoms with Crippen LogP contribution in [0, 0.1) is 0 Å². The molecule has 25 heavy (non-hydrogen) atoms. The van der Waals surface area contributed by atoms with Crippen LogP contribution in [0.5, 0.6) is 0 Å². The molecule has 1 fully saturated rings. The lowest BCUT2D eigenvalue weighted by Gasteiger charge is -2.35. The van der Waals surface area contributed by atoms with Crippen LogP contribution in [0.25, 0.3) is 0 Å². The van der Waals surface area contributed by atoms with E-state index in [-0.39, 0.29) is 32.0 Å².